The van der Waals surface area contributed by atoms with Crippen LogP contribution in [0.25, 0.3) is 0 Å². The average molecular weight is 555 g/mol. The molecule has 40 heavy (non-hydrogen) atoms. The highest BCUT2D eigenvalue weighted by atomic mass is 16.4. The molecule has 11 unspecified atom stereocenters. The van der Waals surface area contributed by atoms with Gasteiger partial charge in [0.05, 0.1) is 5.41 Å². The Hall–Kier alpha value is -1.36. The molecular weight excluding hydrogens is 496 g/mol. The van der Waals surface area contributed by atoms with Gasteiger partial charge in [0.25, 0.3) is 0 Å². The van der Waals surface area contributed by atoms with Crippen molar-refractivity contribution in [1.82, 2.24) is 10.6 Å². The Morgan fingerprint density at radius 3 is 2.23 bits per heavy atom. The van der Waals surface area contributed by atoms with E-state index in [-0.39, 0.29) is 23.3 Å². The Balaban J connectivity index is 1.49. The van der Waals surface area contributed by atoms with E-state index in [1.807, 2.05) is 0 Å². The molecule has 5 aliphatic rings. The van der Waals surface area contributed by atoms with Crippen molar-refractivity contribution in [3.8, 4) is 0 Å². The zero-order chi connectivity index (χ0) is 29.5. The molecule has 0 heterocycles. The zero-order valence-electron chi connectivity index (χ0n) is 26.8. The third-order valence-electron chi connectivity index (χ3n) is 15.2. The number of hydrogen-bond donors (Lipinski definition) is 3. The number of amides is 1. The molecular formula is C35H58N2O3. The number of carboxylic acids is 1. The average Bonchev–Trinajstić information content (AvgIpc) is 3.28. The smallest absolute Gasteiger partial charge is 0.322 e. The Morgan fingerprint density at radius 1 is 0.900 bits per heavy atom. The number of hydrogen-bond acceptors (Lipinski definition) is 3. The monoisotopic (exact) mass is 554 g/mol. The summed E-state index contributed by atoms with van der Waals surface area (Å²) in [6, 6.07) is -0.765. The third-order valence-corrected chi connectivity index (χ3v) is 15.2. The maximum atomic E-state index is 14.1. The molecule has 0 bridgehead atoms. The van der Waals surface area contributed by atoms with Crippen LogP contribution in [0.1, 0.15) is 113 Å². The van der Waals surface area contributed by atoms with Crippen molar-refractivity contribution in [1.29, 1.82) is 0 Å². The van der Waals surface area contributed by atoms with E-state index in [9.17, 15) is 14.7 Å². The summed E-state index contributed by atoms with van der Waals surface area (Å²) in [5.74, 6) is 2.67. The van der Waals surface area contributed by atoms with Gasteiger partial charge in [-0.25, -0.2) is 0 Å². The van der Waals surface area contributed by atoms with Crippen LogP contribution in [0.5, 0.6) is 0 Å². The molecule has 5 fully saturated rings. The Morgan fingerprint density at radius 2 is 1.60 bits per heavy atom. The first-order valence-electron chi connectivity index (χ1n) is 16.4. The fourth-order valence-corrected chi connectivity index (χ4v) is 12.4. The van der Waals surface area contributed by atoms with E-state index < -0.39 is 17.4 Å². The number of carbonyl (C=O) groups is 2. The van der Waals surface area contributed by atoms with E-state index in [4.69, 9.17) is 0 Å². The summed E-state index contributed by atoms with van der Waals surface area (Å²) in [5, 5.41) is 15.5. The van der Waals surface area contributed by atoms with E-state index >= 15 is 0 Å². The van der Waals surface area contributed by atoms with Crippen LogP contribution in [0.4, 0.5) is 0 Å². The largest absolute Gasteiger partial charge is 0.480 e. The fraction of sp³-hybridized carbons (Fsp3) is 0.886. The lowest BCUT2D eigenvalue weighted by molar-refractivity contribution is -0.240. The van der Waals surface area contributed by atoms with Gasteiger partial charge in [0.1, 0.15) is 6.04 Å². The zero-order valence-corrected chi connectivity index (χ0v) is 26.8. The second-order valence-corrected chi connectivity index (χ2v) is 16.5. The van der Waals surface area contributed by atoms with Gasteiger partial charge in [-0.2, -0.15) is 0 Å². The topological polar surface area (TPSA) is 78.4 Å². The standard InChI is InChI=1S/C35H58N2O3/c1-21(2)23-13-17-35(30(40)37-20-25(36-9)29(38)39)19-18-33(7)24(28(23)35)10-11-27-32(6)15-12-22(3)31(4,5)26(32)14-16-34(27,33)8/h22-28,36H,1,10-20H2,2-9H3,(H,37,40)(H,38,39). The lowest BCUT2D eigenvalue weighted by atomic mass is 9.32. The maximum Gasteiger partial charge on any atom is 0.322 e. The van der Waals surface area contributed by atoms with Gasteiger partial charge >= 0.3 is 5.97 Å². The van der Waals surface area contributed by atoms with Gasteiger partial charge in [-0.3, -0.25) is 9.59 Å². The molecule has 0 aromatic heterocycles. The van der Waals surface area contributed by atoms with Gasteiger partial charge in [-0.1, -0.05) is 53.7 Å². The lowest BCUT2D eigenvalue weighted by Crippen LogP contribution is -2.67. The fourth-order valence-electron chi connectivity index (χ4n) is 12.4. The van der Waals surface area contributed by atoms with Crippen LogP contribution < -0.4 is 10.6 Å². The Kier molecular flexibility index (Phi) is 7.41. The molecule has 0 spiro atoms. The number of rotatable bonds is 6. The summed E-state index contributed by atoms with van der Waals surface area (Å²) in [5.41, 5.74) is 2.10. The van der Waals surface area contributed by atoms with E-state index in [1.54, 1.807) is 7.05 Å². The third kappa shape index (κ3) is 3.94. The van der Waals surface area contributed by atoms with Crippen LogP contribution in [0.3, 0.4) is 0 Å². The minimum absolute atomic E-state index is 0.0933. The van der Waals surface area contributed by atoms with Crippen LogP contribution in [-0.2, 0) is 9.59 Å². The molecule has 1 amide bonds. The molecule has 0 saturated heterocycles. The predicted octanol–water partition coefficient (Wildman–Crippen LogP) is 7.07. The molecule has 5 saturated carbocycles. The molecule has 0 radical (unpaired) electrons. The number of aliphatic carboxylic acids is 1. The number of likely N-dealkylation sites (N-methyl/N-ethyl adjacent to an activating group) is 1. The molecule has 0 aliphatic heterocycles. The molecule has 0 aromatic carbocycles. The highest BCUT2D eigenvalue weighted by molar-refractivity contribution is 5.85. The van der Waals surface area contributed by atoms with Crippen LogP contribution in [-0.4, -0.2) is 36.6 Å². The second kappa shape index (κ2) is 9.85. The maximum absolute atomic E-state index is 14.1. The van der Waals surface area contributed by atoms with Gasteiger partial charge in [-0.15, -0.1) is 0 Å². The van der Waals surface area contributed by atoms with Crippen molar-refractivity contribution >= 4 is 11.9 Å². The van der Waals surface area contributed by atoms with E-state index in [1.165, 1.54) is 44.1 Å². The van der Waals surface area contributed by atoms with E-state index in [2.05, 4.69) is 65.7 Å². The van der Waals surface area contributed by atoms with Crippen LogP contribution in [0.15, 0.2) is 12.2 Å². The molecule has 5 nitrogen and oxygen atoms in total. The normalized spacial score (nSPS) is 48.1. The van der Waals surface area contributed by atoms with Crippen molar-refractivity contribution < 1.29 is 14.7 Å². The second-order valence-electron chi connectivity index (χ2n) is 16.5. The summed E-state index contributed by atoms with van der Waals surface area (Å²) in [6.45, 7) is 22.3. The first-order chi connectivity index (χ1) is 18.6. The van der Waals surface area contributed by atoms with Crippen molar-refractivity contribution in [3.63, 3.8) is 0 Å². The lowest BCUT2D eigenvalue weighted by Gasteiger charge is -2.73. The van der Waals surface area contributed by atoms with Gasteiger partial charge in [0.15, 0.2) is 0 Å². The minimum atomic E-state index is -0.921. The van der Waals surface area contributed by atoms with Crippen molar-refractivity contribution in [3.05, 3.63) is 12.2 Å². The van der Waals surface area contributed by atoms with Crippen molar-refractivity contribution in [2.45, 2.75) is 119 Å². The molecule has 5 aliphatic carbocycles. The first kappa shape index (κ1) is 30.1. The van der Waals surface area contributed by atoms with Crippen LogP contribution >= 0.6 is 0 Å². The molecule has 11 atom stereocenters. The number of nitrogens with one attached hydrogen (secondary N) is 2. The van der Waals surface area contributed by atoms with Gasteiger partial charge < -0.3 is 15.7 Å². The SMILES string of the molecule is C=C(C)C1CCC2(C(=O)NCC(NC)C(=O)O)CCC3(C)C(CCC4C5(C)CCC(C)C(C)(C)C5CCC43C)C12. The summed E-state index contributed by atoms with van der Waals surface area (Å²) in [6.07, 6.45) is 11.8. The Bertz CT molecular complexity index is 1050. The quantitative estimate of drug-likeness (QED) is 0.307. The van der Waals surface area contributed by atoms with E-state index in [0.717, 1.165) is 43.4 Å². The Labute approximate surface area is 244 Å². The molecule has 226 valence electrons. The van der Waals surface area contributed by atoms with Gasteiger partial charge in [-0.05, 0) is 135 Å². The predicted molar refractivity (Wildman–Crippen MR) is 162 cm³/mol. The van der Waals surface area contributed by atoms with E-state index in [0.29, 0.717) is 28.6 Å². The molecule has 5 heteroatoms. The summed E-state index contributed by atoms with van der Waals surface area (Å²) < 4.78 is 0. The summed E-state index contributed by atoms with van der Waals surface area (Å²) >= 11 is 0. The molecule has 3 N–H and O–H groups in total. The van der Waals surface area contributed by atoms with Gasteiger partial charge in [0, 0.05) is 6.54 Å². The number of carboxylic acid groups (broad SMARTS) is 1. The number of allylic oxidation sites excluding steroid dienone is 1. The summed E-state index contributed by atoms with van der Waals surface area (Å²) in [7, 11) is 1.65. The van der Waals surface area contributed by atoms with Gasteiger partial charge in [0.2, 0.25) is 5.91 Å². The highest BCUT2D eigenvalue weighted by Gasteiger charge is 2.71. The van der Waals surface area contributed by atoms with Crippen LogP contribution in [0.2, 0.25) is 0 Å². The number of fused-ring (bicyclic) bond motifs is 7. The first-order valence-corrected chi connectivity index (χ1v) is 16.4. The minimum Gasteiger partial charge on any atom is -0.480 e. The summed E-state index contributed by atoms with van der Waals surface area (Å²) in [4.78, 5) is 25.8. The molecule has 5 rings (SSSR count). The van der Waals surface area contributed by atoms with Crippen LogP contribution in [0, 0.1) is 62.6 Å². The van der Waals surface area contributed by atoms with Crippen molar-refractivity contribution in [2.24, 2.45) is 62.6 Å². The molecule has 0 aromatic rings. The number of carbonyl (C=O) groups excluding carboxylic acids is 1. The highest BCUT2D eigenvalue weighted by Crippen LogP contribution is 2.77. The van der Waals surface area contributed by atoms with Crippen molar-refractivity contribution in [2.75, 3.05) is 13.6 Å².